The summed E-state index contributed by atoms with van der Waals surface area (Å²) < 4.78 is 8.05. The monoisotopic (exact) mass is 751 g/mol. The van der Waals surface area contributed by atoms with Gasteiger partial charge in [0.1, 0.15) is 22.1 Å². The minimum Gasteiger partial charge on any atom is -0.453 e. The van der Waals surface area contributed by atoms with Gasteiger partial charge in [0.25, 0.3) is 0 Å². The number of piperazine rings is 1. The molecule has 2 aromatic carbocycles. The third kappa shape index (κ3) is 7.72. The number of benzene rings is 2. The number of aliphatic hydroxyl groups excluding tert-OH is 1. The summed E-state index contributed by atoms with van der Waals surface area (Å²) >= 11 is 6.57. The number of imidazole rings is 1. The van der Waals surface area contributed by atoms with Gasteiger partial charge in [0.05, 0.1) is 30.0 Å². The number of amides is 2. The van der Waals surface area contributed by atoms with Crippen molar-refractivity contribution < 1.29 is 19.4 Å². The first-order chi connectivity index (χ1) is 26.2. The van der Waals surface area contributed by atoms with E-state index >= 15 is 0 Å². The van der Waals surface area contributed by atoms with Crippen LogP contribution in [0, 0.1) is 12.8 Å². The van der Waals surface area contributed by atoms with Gasteiger partial charge in [-0.1, -0.05) is 35.9 Å². The molecule has 13 nitrogen and oxygen atoms in total. The van der Waals surface area contributed by atoms with Crippen LogP contribution in [-0.2, 0) is 23.2 Å². The third-order valence-corrected chi connectivity index (χ3v) is 11.4. The van der Waals surface area contributed by atoms with Crippen LogP contribution in [0.4, 0.5) is 5.69 Å². The van der Waals surface area contributed by atoms with Crippen molar-refractivity contribution in [1.29, 1.82) is 0 Å². The lowest BCUT2D eigenvalue weighted by molar-refractivity contribution is -0.134. The number of hydrogen-bond donors (Lipinski definition) is 3. The lowest BCUT2D eigenvalue weighted by Crippen LogP contribution is -2.55. The largest absolute Gasteiger partial charge is 0.453 e. The van der Waals surface area contributed by atoms with Crippen LogP contribution in [0.3, 0.4) is 0 Å². The standard InChI is InChI=1S/C40H46ClN9O4/c1-25-33(23-47(2)46-25)38-44-36-37(34(41)19-42-39(36)45-38)54-31-8-6-26(7-9-31)20-48-16-17-50(30(22-48)24-51)21-27-12-14-49(15-13-27)29-5-3-4-28(18-29)32-10-11-35(52)43-40(32)53/h3-9,18-19,23,27,30,32,51H,10-17,20-22,24H2,1-2H3,(H,42,44,45)(H,43,52,53)/t30-,32+/m0/s1. The van der Waals surface area contributed by atoms with Gasteiger partial charge in [-0.2, -0.15) is 5.10 Å². The SMILES string of the molecule is Cc1nn(C)cc1-c1nc2ncc(Cl)c(Oc3ccc(CN4CCN(CC5CCN(c6cccc([C@H]7CCC(=O)NC7=O)c6)CC5)[C@H](CO)C4)cc3)c2[nH]1. The van der Waals surface area contributed by atoms with Crippen molar-refractivity contribution >= 4 is 40.3 Å². The number of anilines is 1. The first-order valence-electron chi connectivity index (χ1n) is 18.8. The fourth-order valence-corrected chi connectivity index (χ4v) is 8.36. The Hall–Kier alpha value is -4.82. The quantitative estimate of drug-likeness (QED) is 0.166. The van der Waals surface area contributed by atoms with Crippen molar-refractivity contribution in [3.63, 3.8) is 0 Å². The molecule has 3 aromatic heterocycles. The van der Waals surface area contributed by atoms with Crippen LogP contribution >= 0.6 is 11.6 Å². The Bertz CT molecular complexity index is 2140. The highest BCUT2D eigenvalue weighted by Gasteiger charge is 2.31. The molecule has 8 rings (SSSR count). The van der Waals surface area contributed by atoms with Gasteiger partial charge in [-0.3, -0.25) is 29.4 Å². The van der Waals surface area contributed by atoms with Crippen LogP contribution in [0.25, 0.3) is 22.6 Å². The maximum absolute atomic E-state index is 12.5. The molecular formula is C40H46ClN9O4. The van der Waals surface area contributed by atoms with Crippen LogP contribution in [0.2, 0.25) is 5.02 Å². The molecule has 3 fully saturated rings. The maximum atomic E-state index is 12.5. The minimum atomic E-state index is -0.272. The smallest absolute Gasteiger partial charge is 0.234 e. The number of carbonyl (C=O) groups excluding carboxylic acids is 2. The first kappa shape index (κ1) is 36.2. The number of imide groups is 1. The van der Waals surface area contributed by atoms with E-state index in [0.29, 0.717) is 52.3 Å². The van der Waals surface area contributed by atoms with Gasteiger partial charge in [0.15, 0.2) is 11.4 Å². The van der Waals surface area contributed by atoms with Crippen molar-refractivity contribution in [1.82, 2.24) is 39.8 Å². The van der Waals surface area contributed by atoms with E-state index in [2.05, 4.69) is 64.3 Å². The zero-order chi connectivity index (χ0) is 37.3. The highest BCUT2D eigenvalue weighted by Crippen LogP contribution is 2.36. The molecule has 0 radical (unpaired) electrons. The predicted octanol–water partition coefficient (Wildman–Crippen LogP) is 5.03. The lowest BCUT2D eigenvalue weighted by atomic mass is 9.89. The molecule has 6 heterocycles. The highest BCUT2D eigenvalue weighted by molar-refractivity contribution is 6.32. The van der Waals surface area contributed by atoms with Crippen LogP contribution in [0.15, 0.2) is 60.9 Å². The molecule has 14 heteroatoms. The van der Waals surface area contributed by atoms with Gasteiger partial charge in [0, 0.05) is 77.2 Å². The van der Waals surface area contributed by atoms with Crippen LogP contribution in [-0.4, -0.2) is 103 Å². The second-order valence-electron chi connectivity index (χ2n) is 14.9. The first-order valence-corrected chi connectivity index (χ1v) is 19.2. The van der Waals surface area contributed by atoms with Crippen molar-refractivity contribution in [2.45, 2.75) is 51.1 Å². The van der Waals surface area contributed by atoms with E-state index in [4.69, 9.17) is 16.3 Å². The van der Waals surface area contributed by atoms with E-state index in [-0.39, 0.29) is 30.4 Å². The molecule has 5 aromatic rings. The summed E-state index contributed by atoms with van der Waals surface area (Å²) in [4.78, 5) is 43.8. The zero-order valence-corrected chi connectivity index (χ0v) is 31.4. The number of H-pyrrole nitrogens is 1. The number of fused-ring (bicyclic) bond motifs is 1. The molecule has 3 aliphatic heterocycles. The number of aromatic amines is 1. The Morgan fingerprint density at radius 3 is 2.59 bits per heavy atom. The summed E-state index contributed by atoms with van der Waals surface area (Å²) in [6.45, 7) is 8.42. The van der Waals surface area contributed by atoms with Gasteiger partial charge < -0.3 is 19.7 Å². The number of pyridine rings is 1. The molecule has 3 saturated heterocycles. The van der Waals surface area contributed by atoms with E-state index < -0.39 is 0 Å². The Labute approximate surface area is 319 Å². The second kappa shape index (κ2) is 15.5. The second-order valence-corrected chi connectivity index (χ2v) is 15.3. The lowest BCUT2D eigenvalue weighted by Gasteiger charge is -2.43. The summed E-state index contributed by atoms with van der Waals surface area (Å²) in [5.74, 6) is 1.70. The number of hydrogen-bond acceptors (Lipinski definition) is 10. The van der Waals surface area contributed by atoms with E-state index in [1.807, 2.05) is 44.4 Å². The number of aromatic nitrogens is 5. The number of piperidine rings is 2. The van der Waals surface area contributed by atoms with Gasteiger partial charge in [-0.05, 0) is 67.5 Å². The van der Waals surface area contributed by atoms with Crippen molar-refractivity contribution in [3.8, 4) is 22.9 Å². The number of nitrogens with zero attached hydrogens (tertiary/aromatic N) is 7. The number of rotatable bonds is 10. The number of carbonyl (C=O) groups is 2. The van der Waals surface area contributed by atoms with Crippen LogP contribution < -0.4 is 15.0 Å². The molecule has 0 saturated carbocycles. The van der Waals surface area contributed by atoms with Gasteiger partial charge in [-0.15, -0.1) is 0 Å². The number of aliphatic hydroxyl groups is 1. The fourth-order valence-electron chi connectivity index (χ4n) is 8.18. The molecule has 0 spiro atoms. The average Bonchev–Trinajstić information content (AvgIpc) is 3.76. The van der Waals surface area contributed by atoms with Gasteiger partial charge in [0.2, 0.25) is 11.8 Å². The molecule has 2 amide bonds. The minimum absolute atomic E-state index is 0.0931. The normalized spacial score (nSPS) is 20.5. The van der Waals surface area contributed by atoms with Gasteiger partial charge in [-0.25, -0.2) is 9.97 Å². The van der Waals surface area contributed by atoms with E-state index in [1.165, 1.54) is 5.56 Å². The van der Waals surface area contributed by atoms with Crippen molar-refractivity contribution in [2.24, 2.45) is 13.0 Å². The maximum Gasteiger partial charge on any atom is 0.234 e. The van der Waals surface area contributed by atoms with Gasteiger partial charge >= 0.3 is 0 Å². The Balaban J connectivity index is 0.835. The number of halogens is 1. The molecule has 54 heavy (non-hydrogen) atoms. The molecule has 3 aliphatic rings. The zero-order valence-electron chi connectivity index (χ0n) is 30.7. The van der Waals surface area contributed by atoms with E-state index in [1.54, 1.807) is 10.9 Å². The summed E-state index contributed by atoms with van der Waals surface area (Å²) in [6.07, 6.45) is 6.57. The van der Waals surface area contributed by atoms with Crippen LogP contribution in [0.5, 0.6) is 11.5 Å². The Morgan fingerprint density at radius 1 is 1.04 bits per heavy atom. The average molecular weight is 752 g/mol. The molecular weight excluding hydrogens is 706 g/mol. The summed E-state index contributed by atoms with van der Waals surface area (Å²) in [7, 11) is 1.88. The number of aryl methyl sites for hydroxylation is 2. The molecule has 0 unspecified atom stereocenters. The molecule has 0 aliphatic carbocycles. The summed E-state index contributed by atoms with van der Waals surface area (Å²) in [5.41, 5.74) is 6.17. The van der Waals surface area contributed by atoms with E-state index in [0.717, 1.165) is 81.2 Å². The molecule has 2 atom stereocenters. The summed E-state index contributed by atoms with van der Waals surface area (Å²) in [5, 5.41) is 17.7. The number of ether oxygens (including phenoxy) is 1. The topological polar surface area (TPSA) is 145 Å². The molecule has 3 N–H and O–H groups in total. The summed E-state index contributed by atoms with van der Waals surface area (Å²) in [6, 6.07) is 16.4. The Kier molecular flexibility index (Phi) is 10.4. The van der Waals surface area contributed by atoms with Crippen LogP contribution in [0.1, 0.15) is 48.4 Å². The Morgan fingerprint density at radius 2 is 1.85 bits per heavy atom. The number of nitrogens with one attached hydrogen (secondary N) is 2. The predicted molar refractivity (Wildman–Crippen MR) is 207 cm³/mol. The molecule has 282 valence electrons. The van der Waals surface area contributed by atoms with E-state index in [9.17, 15) is 14.7 Å². The van der Waals surface area contributed by atoms with Crippen molar-refractivity contribution in [3.05, 3.63) is 82.8 Å². The molecule has 0 bridgehead atoms. The fraction of sp³-hybridized carbons (Fsp3) is 0.425. The third-order valence-electron chi connectivity index (χ3n) is 11.1. The highest BCUT2D eigenvalue weighted by atomic mass is 35.5. The van der Waals surface area contributed by atoms with Crippen molar-refractivity contribution in [2.75, 3.05) is 50.8 Å².